The lowest BCUT2D eigenvalue weighted by Crippen LogP contribution is -2.26. The number of H-pyrrole nitrogens is 1. The molecule has 2 heterocycles. The topological polar surface area (TPSA) is 49.0 Å². The Morgan fingerprint density at radius 1 is 1.40 bits per heavy atom. The van der Waals surface area contributed by atoms with Crippen molar-refractivity contribution in [3.05, 3.63) is 52.1 Å². The van der Waals surface area contributed by atoms with Crippen LogP contribution in [0.3, 0.4) is 0 Å². The maximum absolute atomic E-state index is 12.4. The largest absolute Gasteiger partial charge is 0.361 e. The van der Waals surface area contributed by atoms with Crippen LogP contribution >= 0.6 is 11.3 Å². The lowest BCUT2D eigenvalue weighted by Gasteiger charge is -2.16. The Bertz CT molecular complexity index is 759. The van der Waals surface area contributed by atoms with Crippen molar-refractivity contribution in [3.63, 3.8) is 0 Å². The fourth-order valence-corrected chi connectivity index (χ4v) is 3.00. The van der Waals surface area contributed by atoms with Crippen LogP contribution in [0.25, 0.3) is 10.9 Å². The number of aryl methyl sites for hydroxylation is 1. The Morgan fingerprint density at radius 3 is 3.00 bits per heavy atom. The lowest BCUT2D eigenvalue weighted by atomic mass is 10.1. The monoisotopic (exact) mass is 285 g/mol. The van der Waals surface area contributed by atoms with Gasteiger partial charge in [-0.15, -0.1) is 11.3 Å². The van der Waals surface area contributed by atoms with Gasteiger partial charge in [-0.1, -0.05) is 6.07 Å². The Labute approximate surface area is 121 Å². The number of fused-ring (bicyclic) bond motifs is 1. The molecule has 4 nitrogen and oxygen atoms in total. The van der Waals surface area contributed by atoms with Crippen LogP contribution in [-0.4, -0.2) is 27.8 Å². The second kappa shape index (κ2) is 5.09. The number of carbonyl (C=O) groups excluding carboxylic acids is 1. The quantitative estimate of drug-likeness (QED) is 0.803. The van der Waals surface area contributed by atoms with Gasteiger partial charge in [0.25, 0.3) is 5.91 Å². The zero-order chi connectivity index (χ0) is 14.1. The minimum absolute atomic E-state index is 0.0225. The number of nitrogens with zero attached hydrogens (tertiary/aromatic N) is 2. The number of thiazole rings is 1. The first-order chi connectivity index (χ1) is 9.65. The highest BCUT2D eigenvalue weighted by Gasteiger charge is 2.14. The fraction of sp³-hybridized carbons (Fsp3) is 0.200. The first kappa shape index (κ1) is 12.9. The molecule has 0 atom stereocenters. The molecule has 0 aliphatic rings. The number of hydrogen-bond donors (Lipinski definition) is 1. The van der Waals surface area contributed by atoms with Gasteiger partial charge in [0.1, 0.15) is 0 Å². The zero-order valence-corrected chi connectivity index (χ0v) is 12.2. The van der Waals surface area contributed by atoms with Crippen molar-refractivity contribution in [2.45, 2.75) is 13.5 Å². The van der Waals surface area contributed by atoms with Gasteiger partial charge in [0, 0.05) is 29.2 Å². The molecule has 0 radical (unpaired) electrons. The molecule has 20 heavy (non-hydrogen) atoms. The second-order valence-corrected chi connectivity index (χ2v) is 5.74. The molecule has 1 N–H and O–H groups in total. The molecule has 102 valence electrons. The van der Waals surface area contributed by atoms with Gasteiger partial charge in [-0.2, -0.15) is 0 Å². The minimum Gasteiger partial charge on any atom is -0.361 e. The molecule has 2 aromatic heterocycles. The van der Waals surface area contributed by atoms with Gasteiger partial charge < -0.3 is 9.88 Å². The summed E-state index contributed by atoms with van der Waals surface area (Å²) in [7, 11) is 1.82. The lowest BCUT2D eigenvalue weighted by molar-refractivity contribution is 0.0786. The molecule has 0 fully saturated rings. The minimum atomic E-state index is 0.0225. The Morgan fingerprint density at radius 2 is 2.25 bits per heavy atom. The second-order valence-electron chi connectivity index (χ2n) is 4.80. The van der Waals surface area contributed by atoms with Gasteiger partial charge in [-0.25, -0.2) is 4.98 Å². The van der Waals surface area contributed by atoms with E-state index in [1.54, 1.807) is 16.2 Å². The highest BCUT2D eigenvalue weighted by Crippen LogP contribution is 2.18. The summed E-state index contributed by atoms with van der Waals surface area (Å²) in [5.74, 6) is 0.0225. The third-order valence-corrected chi connectivity index (χ3v) is 4.29. The summed E-state index contributed by atoms with van der Waals surface area (Å²) in [6.07, 6.45) is 1.88. The number of amides is 1. The number of rotatable bonds is 3. The average Bonchev–Trinajstić information content (AvgIpc) is 3.06. The summed E-state index contributed by atoms with van der Waals surface area (Å²) < 4.78 is 0. The van der Waals surface area contributed by atoms with E-state index in [1.165, 1.54) is 0 Å². The van der Waals surface area contributed by atoms with E-state index >= 15 is 0 Å². The number of aromatic amines is 1. The maximum Gasteiger partial charge on any atom is 0.253 e. The van der Waals surface area contributed by atoms with E-state index in [-0.39, 0.29) is 5.91 Å². The number of carbonyl (C=O) groups is 1. The van der Waals surface area contributed by atoms with E-state index in [9.17, 15) is 4.79 Å². The highest BCUT2D eigenvalue weighted by atomic mass is 32.1. The van der Waals surface area contributed by atoms with Gasteiger partial charge in [0.05, 0.1) is 17.7 Å². The standard InChI is InChI=1S/C15H15N3OS/c1-10-14(20-9-17-10)8-18(2)15(19)12-4-3-11-5-6-16-13(11)7-12/h3-7,9,16H,8H2,1-2H3. The molecule has 0 spiro atoms. The van der Waals surface area contributed by atoms with Crippen molar-refractivity contribution >= 4 is 28.1 Å². The van der Waals surface area contributed by atoms with E-state index in [4.69, 9.17) is 0 Å². The summed E-state index contributed by atoms with van der Waals surface area (Å²) in [4.78, 5) is 22.6. The number of nitrogens with one attached hydrogen (secondary N) is 1. The highest BCUT2D eigenvalue weighted by molar-refractivity contribution is 7.09. The number of benzene rings is 1. The summed E-state index contributed by atoms with van der Waals surface area (Å²) in [5, 5.41) is 1.11. The molecule has 1 amide bonds. The van der Waals surface area contributed by atoms with Gasteiger partial charge in [-0.05, 0) is 30.5 Å². The van der Waals surface area contributed by atoms with E-state index in [0.717, 1.165) is 21.5 Å². The van der Waals surface area contributed by atoms with Crippen molar-refractivity contribution < 1.29 is 4.79 Å². The third-order valence-electron chi connectivity index (χ3n) is 3.37. The molecule has 0 aliphatic heterocycles. The molecule has 0 unspecified atom stereocenters. The summed E-state index contributed by atoms with van der Waals surface area (Å²) >= 11 is 1.58. The summed E-state index contributed by atoms with van der Waals surface area (Å²) in [6, 6.07) is 7.72. The SMILES string of the molecule is Cc1ncsc1CN(C)C(=O)c1ccc2cc[nH]c2c1. The third kappa shape index (κ3) is 2.32. The smallest absolute Gasteiger partial charge is 0.253 e. The van der Waals surface area contributed by atoms with Gasteiger partial charge in [0.2, 0.25) is 0 Å². The predicted octanol–water partition coefficient (Wildman–Crippen LogP) is 3.21. The molecule has 0 bridgehead atoms. The molecule has 0 saturated heterocycles. The van der Waals surface area contributed by atoms with Crippen LogP contribution in [0, 0.1) is 6.92 Å². The van der Waals surface area contributed by atoms with Crippen molar-refractivity contribution in [2.24, 2.45) is 0 Å². The Hall–Kier alpha value is -2.14. The van der Waals surface area contributed by atoms with Gasteiger partial charge >= 0.3 is 0 Å². The van der Waals surface area contributed by atoms with Crippen LogP contribution in [0.4, 0.5) is 0 Å². The summed E-state index contributed by atoms with van der Waals surface area (Å²) in [5.41, 5.74) is 4.49. The predicted molar refractivity (Wildman–Crippen MR) is 80.9 cm³/mol. The molecule has 0 saturated carbocycles. The molecule has 3 aromatic rings. The summed E-state index contributed by atoms with van der Waals surface area (Å²) in [6.45, 7) is 2.56. The normalized spacial score (nSPS) is 10.9. The van der Waals surface area contributed by atoms with Gasteiger partial charge in [-0.3, -0.25) is 4.79 Å². The van der Waals surface area contributed by atoms with Crippen LogP contribution in [-0.2, 0) is 6.54 Å². The van der Waals surface area contributed by atoms with Crippen LogP contribution in [0.2, 0.25) is 0 Å². The number of aromatic nitrogens is 2. The van der Waals surface area contributed by atoms with Crippen molar-refractivity contribution in [1.29, 1.82) is 0 Å². The molecule has 3 rings (SSSR count). The van der Waals surface area contributed by atoms with E-state index in [0.29, 0.717) is 12.1 Å². The van der Waals surface area contributed by atoms with Crippen LogP contribution < -0.4 is 0 Å². The van der Waals surface area contributed by atoms with E-state index in [2.05, 4.69) is 9.97 Å². The Kier molecular flexibility index (Phi) is 3.28. The molecule has 0 aliphatic carbocycles. The van der Waals surface area contributed by atoms with Crippen LogP contribution in [0.5, 0.6) is 0 Å². The zero-order valence-electron chi connectivity index (χ0n) is 11.4. The first-order valence-corrected chi connectivity index (χ1v) is 7.24. The fourth-order valence-electron chi connectivity index (χ4n) is 2.17. The van der Waals surface area contributed by atoms with Crippen molar-refractivity contribution in [1.82, 2.24) is 14.9 Å². The van der Waals surface area contributed by atoms with Crippen LogP contribution in [0.1, 0.15) is 20.9 Å². The molecule has 1 aromatic carbocycles. The number of hydrogen-bond acceptors (Lipinski definition) is 3. The van der Waals surface area contributed by atoms with E-state index in [1.807, 2.05) is 49.9 Å². The van der Waals surface area contributed by atoms with Gasteiger partial charge in [0.15, 0.2) is 0 Å². The molecule has 5 heteroatoms. The maximum atomic E-state index is 12.4. The van der Waals surface area contributed by atoms with Crippen LogP contribution in [0.15, 0.2) is 36.0 Å². The van der Waals surface area contributed by atoms with E-state index < -0.39 is 0 Å². The molecular weight excluding hydrogens is 270 g/mol. The first-order valence-electron chi connectivity index (χ1n) is 6.37. The van der Waals surface area contributed by atoms with Crippen molar-refractivity contribution in [3.8, 4) is 0 Å². The van der Waals surface area contributed by atoms with Crippen molar-refractivity contribution in [2.75, 3.05) is 7.05 Å². The molecular formula is C15H15N3OS. The Balaban J connectivity index is 1.82. The average molecular weight is 285 g/mol.